The average molecular weight is 501 g/mol. The molecule has 0 amide bonds. The van der Waals surface area contributed by atoms with Crippen LogP contribution in [0.2, 0.25) is 5.02 Å². The standard InChI is InChI=1S/C26H25ClN8O/c1-5-21(33-25-22(27)14(2)31-15(3)32-25)19-10-17(13-30-26(19)36-4)18-11-20-23(16-6-8-28-9-7-16)34-35-24(20)29-12-18/h6-13,21H,5H2,1-4H3,(H,29,34,35)(H,31,32,33)/t21-/m0/s1. The molecule has 10 heteroatoms. The molecule has 5 heterocycles. The lowest BCUT2D eigenvalue weighted by Crippen LogP contribution is -2.14. The molecule has 5 aromatic heterocycles. The third-order valence-electron chi connectivity index (χ3n) is 6.01. The molecule has 182 valence electrons. The zero-order valence-corrected chi connectivity index (χ0v) is 21.1. The molecule has 0 aliphatic rings. The number of nitrogens with zero attached hydrogens (tertiary/aromatic N) is 6. The number of aromatic nitrogens is 7. The lowest BCUT2D eigenvalue weighted by molar-refractivity contribution is 0.389. The summed E-state index contributed by atoms with van der Waals surface area (Å²) in [6.45, 7) is 5.79. The molecule has 5 aromatic rings. The van der Waals surface area contributed by atoms with Crippen molar-refractivity contribution in [2.45, 2.75) is 33.2 Å². The number of fused-ring (bicyclic) bond motifs is 1. The van der Waals surface area contributed by atoms with E-state index in [1.165, 1.54) is 0 Å². The molecule has 0 aliphatic carbocycles. The van der Waals surface area contributed by atoms with Crippen molar-refractivity contribution >= 4 is 28.5 Å². The molecule has 0 radical (unpaired) electrons. The monoisotopic (exact) mass is 500 g/mol. The minimum atomic E-state index is -0.142. The van der Waals surface area contributed by atoms with Crippen molar-refractivity contribution in [3.63, 3.8) is 0 Å². The summed E-state index contributed by atoms with van der Waals surface area (Å²) in [6.07, 6.45) is 7.85. The second-order valence-electron chi connectivity index (χ2n) is 8.38. The van der Waals surface area contributed by atoms with Crippen molar-refractivity contribution in [3.05, 3.63) is 71.2 Å². The van der Waals surface area contributed by atoms with E-state index < -0.39 is 0 Å². The van der Waals surface area contributed by atoms with Crippen molar-refractivity contribution in [2.75, 3.05) is 12.4 Å². The van der Waals surface area contributed by atoms with Crippen molar-refractivity contribution in [1.82, 2.24) is 35.1 Å². The Labute approximate surface area is 213 Å². The largest absolute Gasteiger partial charge is 0.481 e. The minimum absolute atomic E-state index is 0.142. The maximum atomic E-state index is 6.51. The van der Waals surface area contributed by atoms with Crippen LogP contribution in [-0.4, -0.2) is 42.2 Å². The van der Waals surface area contributed by atoms with Gasteiger partial charge in [0.05, 0.1) is 24.5 Å². The van der Waals surface area contributed by atoms with Gasteiger partial charge >= 0.3 is 0 Å². The summed E-state index contributed by atoms with van der Waals surface area (Å²) in [7, 11) is 1.62. The number of rotatable bonds is 7. The van der Waals surface area contributed by atoms with E-state index in [0.717, 1.165) is 45.4 Å². The number of nitrogens with one attached hydrogen (secondary N) is 2. The van der Waals surface area contributed by atoms with Crippen LogP contribution >= 0.6 is 11.6 Å². The zero-order chi connectivity index (χ0) is 25.2. The second-order valence-corrected chi connectivity index (χ2v) is 8.75. The van der Waals surface area contributed by atoms with Gasteiger partial charge < -0.3 is 10.1 Å². The first-order valence-electron chi connectivity index (χ1n) is 11.5. The topological polar surface area (TPSA) is 114 Å². The number of hydrogen-bond acceptors (Lipinski definition) is 8. The van der Waals surface area contributed by atoms with Gasteiger partial charge in [-0.1, -0.05) is 18.5 Å². The molecule has 0 bridgehead atoms. The Morgan fingerprint density at radius 2 is 1.78 bits per heavy atom. The Kier molecular flexibility index (Phi) is 6.47. The van der Waals surface area contributed by atoms with E-state index >= 15 is 0 Å². The number of methoxy groups -OCH3 is 1. The van der Waals surface area contributed by atoms with Gasteiger partial charge in [-0.3, -0.25) is 10.1 Å². The van der Waals surface area contributed by atoms with Crippen LogP contribution in [0.25, 0.3) is 33.4 Å². The fraction of sp³-hybridized carbons (Fsp3) is 0.231. The zero-order valence-electron chi connectivity index (χ0n) is 20.4. The van der Waals surface area contributed by atoms with Crippen molar-refractivity contribution < 1.29 is 4.74 Å². The summed E-state index contributed by atoms with van der Waals surface area (Å²) in [6, 6.07) is 7.86. The van der Waals surface area contributed by atoms with Gasteiger partial charge in [-0.05, 0) is 44.5 Å². The van der Waals surface area contributed by atoms with Gasteiger partial charge in [0.15, 0.2) is 5.65 Å². The van der Waals surface area contributed by atoms with Gasteiger partial charge in [0, 0.05) is 52.4 Å². The Hall–Kier alpha value is -4.11. The van der Waals surface area contributed by atoms with Gasteiger partial charge in [-0.2, -0.15) is 5.10 Å². The molecule has 5 rings (SSSR count). The Balaban J connectivity index is 1.56. The molecular formula is C26H25ClN8O. The van der Waals surface area contributed by atoms with Crippen LogP contribution in [0.1, 0.15) is 36.5 Å². The number of ether oxygens (including phenoxy) is 1. The van der Waals surface area contributed by atoms with Gasteiger partial charge in [-0.25, -0.2) is 19.9 Å². The highest BCUT2D eigenvalue weighted by molar-refractivity contribution is 6.33. The SMILES string of the molecule is CC[C@H](Nc1nc(C)nc(C)c1Cl)c1cc(-c2cnc3n[nH]c(-c4ccncc4)c3c2)cnc1OC. The smallest absolute Gasteiger partial charge is 0.218 e. The van der Waals surface area contributed by atoms with E-state index in [9.17, 15) is 0 Å². The summed E-state index contributed by atoms with van der Waals surface area (Å²) in [5.41, 5.74) is 5.96. The van der Waals surface area contributed by atoms with Crippen LogP contribution in [0.15, 0.2) is 49.1 Å². The van der Waals surface area contributed by atoms with Crippen LogP contribution in [0.3, 0.4) is 0 Å². The van der Waals surface area contributed by atoms with Gasteiger partial charge in [0.2, 0.25) is 5.88 Å². The predicted octanol–water partition coefficient (Wildman–Crippen LogP) is 5.71. The molecule has 0 unspecified atom stereocenters. The van der Waals surface area contributed by atoms with Gasteiger partial charge in [0.25, 0.3) is 0 Å². The van der Waals surface area contributed by atoms with E-state index in [2.05, 4.69) is 59.5 Å². The molecule has 0 saturated carbocycles. The van der Waals surface area contributed by atoms with E-state index in [1.807, 2.05) is 26.0 Å². The third-order valence-corrected chi connectivity index (χ3v) is 6.46. The molecule has 0 fully saturated rings. The summed E-state index contributed by atoms with van der Waals surface area (Å²) in [5.74, 6) is 1.77. The Bertz CT molecular complexity index is 1540. The maximum absolute atomic E-state index is 6.51. The number of anilines is 1. The number of hydrogen-bond donors (Lipinski definition) is 2. The first-order valence-corrected chi connectivity index (χ1v) is 11.9. The quantitative estimate of drug-likeness (QED) is 0.292. The van der Waals surface area contributed by atoms with Crippen molar-refractivity contribution in [1.29, 1.82) is 0 Å². The first kappa shape index (κ1) is 23.6. The van der Waals surface area contributed by atoms with E-state index in [4.69, 9.17) is 16.3 Å². The highest BCUT2D eigenvalue weighted by atomic mass is 35.5. The molecule has 9 nitrogen and oxygen atoms in total. The molecule has 1 atom stereocenters. The van der Waals surface area contributed by atoms with E-state index in [1.54, 1.807) is 31.9 Å². The van der Waals surface area contributed by atoms with E-state index in [0.29, 0.717) is 28.2 Å². The molecule has 36 heavy (non-hydrogen) atoms. The minimum Gasteiger partial charge on any atom is -0.481 e. The normalized spacial score (nSPS) is 12.0. The van der Waals surface area contributed by atoms with Crippen molar-refractivity contribution in [2.24, 2.45) is 0 Å². The number of aromatic amines is 1. The average Bonchev–Trinajstić information content (AvgIpc) is 3.33. The fourth-order valence-corrected chi connectivity index (χ4v) is 4.34. The van der Waals surface area contributed by atoms with Crippen LogP contribution in [-0.2, 0) is 0 Å². The van der Waals surface area contributed by atoms with Crippen LogP contribution in [0.4, 0.5) is 5.82 Å². The number of pyridine rings is 3. The number of aryl methyl sites for hydroxylation is 2. The van der Waals surface area contributed by atoms with Crippen molar-refractivity contribution in [3.8, 4) is 28.3 Å². The lowest BCUT2D eigenvalue weighted by Gasteiger charge is -2.21. The lowest BCUT2D eigenvalue weighted by atomic mass is 10.00. The molecular weight excluding hydrogens is 476 g/mol. The summed E-state index contributed by atoms with van der Waals surface area (Å²) in [4.78, 5) is 22.1. The number of H-pyrrole nitrogens is 1. The maximum Gasteiger partial charge on any atom is 0.218 e. The summed E-state index contributed by atoms with van der Waals surface area (Å²) >= 11 is 6.51. The summed E-state index contributed by atoms with van der Waals surface area (Å²) < 4.78 is 5.62. The third kappa shape index (κ3) is 4.45. The molecule has 0 aromatic carbocycles. The first-order chi connectivity index (χ1) is 17.5. The molecule has 0 spiro atoms. The molecule has 0 saturated heterocycles. The molecule has 0 aliphatic heterocycles. The fourth-order valence-electron chi connectivity index (χ4n) is 4.20. The Morgan fingerprint density at radius 3 is 2.53 bits per heavy atom. The highest BCUT2D eigenvalue weighted by Crippen LogP contribution is 2.35. The second kappa shape index (κ2) is 9.87. The number of halogens is 1. The van der Waals surface area contributed by atoms with Crippen LogP contribution in [0, 0.1) is 13.8 Å². The van der Waals surface area contributed by atoms with Crippen LogP contribution in [0.5, 0.6) is 5.88 Å². The highest BCUT2D eigenvalue weighted by Gasteiger charge is 2.20. The predicted molar refractivity (Wildman–Crippen MR) is 140 cm³/mol. The van der Waals surface area contributed by atoms with E-state index in [-0.39, 0.29) is 6.04 Å². The van der Waals surface area contributed by atoms with Gasteiger partial charge in [0.1, 0.15) is 16.7 Å². The summed E-state index contributed by atoms with van der Waals surface area (Å²) in [5, 5.41) is 12.3. The van der Waals surface area contributed by atoms with Gasteiger partial charge in [-0.15, -0.1) is 0 Å². The van der Waals surface area contributed by atoms with Crippen LogP contribution < -0.4 is 10.1 Å². The Morgan fingerprint density at radius 1 is 1.03 bits per heavy atom. The molecule has 2 N–H and O–H groups in total.